The number of aliphatic hydroxyl groups excluding tert-OH is 1. The maximum Gasteiger partial charge on any atom is 0.244 e. The maximum atomic E-state index is 13.2. The Labute approximate surface area is 140 Å². The van der Waals surface area contributed by atoms with Gasteiger partial charge in [-0.05, 0) is 44.0 Å². The zero-order valence-corrected chi connectivity index (χ0v) is 14.4. The Hall–Kier alpha value is -1.21. The SMILES string of the molecule is C[C@H](O)[C@@H]1CCCCN1S(=O)(=O)c1ccc(Cl)c2ncccc12. The highest BCUT2D eigenvalue weighted by molar-refractivity contribution is 7.89. The van der Waals surface area contributed by atoms with Gasteiger partial charge in [0.1, 0.15) is 0 Å². The topological polar surface area (TPSA) is 70.5 Å². The van der Waals surface area contributed by atoms with Crippen molar-refractivity contribution in [2.45, 2.75) is 43.2 Å². The molecule has 2 atom stereocenters. The molecule has 124 valence electrons. The molecule has 2 heterocycles. The normalized spacial score (nSPS) is 21.4. The number of pyridine rings is 1. The van der Waals surface area contributed by atoms with Gasteiger partial charge < -0.3 is 5.11 Å². The highest BCUT2D eigenvalue weighted by atomic mass is 35.5. The van der Waals surface area contributed by atoms with Gasteiger partial charge in [0.25, 0.3) is 0 Å². The van der Waals surface area contributed by atoms with Crippen molar-refractivity contribution in [2.24, 2.45) is 0 Å². The number of rotatable bonds is 3. The highest BCUT2D eigenvalue weighted by Gasteiger charge is 2.36. The fraction of sp³-hybridized carbons (Fsp3) is 0.438. The van der Waals surface area contributed by atoms with E-state index >= 15 is 0 Å². The smallest absolute Gasteiger partial charge is 0.244 e. The minimum absolute atomic E-state index is 0.192. The number of aromatic nitrogens is 1. The van der Waals surface area contributed by atoms with Crippen molar-refractivity contribution >= 4 is 32.5 Å². The van der Waals surface area contributed by atoms with Crippen LogP contribution in [0, 0.1) is 0 Å². The third-order valence-corrected chi connectivity index (χ3v) is 6.61. The number of fused-ring (bicyclic) bond motifs is 1. The molecule has 1 aliphatic heterocycles. The van der Waals surface area contributed by atoms with Crippen molar-refractivity contribution in [3.63, 3.8) is 0 Å². The van der Waals surface area contributed by atoms with Gasteiger partial charge in [-0.1, -0.05) is 18.0 Å². The van der Waals surface area contributed by atoms with Crippen LogP contribution in [-0.4, -0.2) is 41.5 Å². The number of aliphatic hydroxyl groups is 1. The molecule has 23 heavy (non-hydrogen) atoms. The lowest BCUT2D eigenvalue weighted by Crippen LogP contribution is -2.48. The van der Waals surface area contributed by atoms with Gasteiger partial charge >= 0.3 is 0 Å². The van der Waals surface area contributed by atoms with Crippen LogP contribution in [0.5, 0.6) is 0 Å². The molecule has 2 aromatic rings. The fourth-order valence-electron chi connectivity index (χ4n) is 3.17. The molecule has 0 aliphatic carbocycles. The van der Waals surface area contributed by atoms with Crippen molar-refractivity contribution in [3.05, 3.63) is 35.5 Å². The van der Waals surface area contributed by atoms with Crippen LogP contribution >= 0.6 is 11.6 Å². The van der Waals surface area contributed by atoms with E-state index in [0.717, 1.165) is 12.8 Å². The average Bonchev–Trinajstić information content (AvgIpc) is 2.55. The van der Waals surface area contributed by atoms with E-state index in [1.54, 1.807) is 31.3 Å². The first kappa shape index (κ1) is 16.6. The largest absolute Gasteiger partial charge is 0.392 e. The predicted octanol–water partition coefficient (Wildman–Crippen LogP) is 2.81. The monoisotopic (exact) mass is 354 g/mol. The molecule has 3 rings (SSSR count). The molecule has 1 aliphatic rings. The molecule has 1 aromatic heterocycles. The van der Waals surface area contributed by atoms with Gasteiger partial charge in [-0.2, -0.15) is 4.31 Å². The van der Waals surface area contributed by atoms with Crippen LogP contribution in [-0.2, 0) is 10.0 Å². The van der Waals surface area contributed by atoms with Crippen LogP contribution in [0.4, 0.5) is 0 Å². The van der Waals surface area contributed by atoms with Crippen molar-refractivity contribution in [3.8, 4) is 0 Å². The van der Waals surface area contributed by atoms with Gasteiger partial charge in [0.15, 0.2) is 0 Å². The molecular formula is C16H19ClN2O3S. The molecule has 0 bridgehead atoms. The summed E-state index contributed by atoms with van der Waals surface area (Å²) in [5.41, 5.74) is 0.473. The molecule has 0 amide bonds. The molecule has 5 nitrogen and oxygen atoms in total. The summed E-state index contributed by atoms with van der Waals surface area (Å²) in [5.74, 6) is 0. The quantitative estimate of drug-likeness (QED) is 0.920. The first-order valence-corrected chi connectivity index (χ1v) is 9.48. The lowest BCUT2D eigenvalue weighted by molar-refractivity contribution is 0.0831. The third kappa shape index (κ3) is 2.96. The van der Waals surface area contributed by atoms with Crippen LogP contribution in [0.3, 0.4) is 0 Å². The molecule has 0 radical (unpaired) electrons. The van der Waals surface area contributed by atoms with E-state index in [0.29, 0.717) is 28.9 Å². The van der Waals surface area contributed by atoms with Gasteiger partial charge in [0, 0.05) is 18.1 Å². The Morgan fingerprint density at radius 2 is 2.13 bits per heavy atom. The van der Waals surface area contributed by atoms with Crippen LogP contribution < -0.4 is 0 Å². The summed E-state index contributed by atoms with van der Waals surface area (Å²) in [6, 6.07) is 6.10. The Morgan fingerprint density at radius 3 is 2.87 bits per heavy atom. The van der Waals surface area contributed by atoms with Gasteiger partial charge in [0.05, 0.1) is 27.6 Å². The number of piperidine rings is 1. The van der Waals surface area contributed by atoms with Crippen LogP contribution in [0.1, 0.15) is 26.2 Å². The zero-order valence-electron chi connectivity index (χ0n) is 12.8. The minimum atomic E-state index is -3.72. The lowest BCUT2D eigenvalue weighted by Gasteiger charge is -2.36. The van der Waals surface area contributed by atoms with E-state index in [1.165, 1.54) is 10.4 Å². The number of nitrogens with zero attached hydrogens (tertiary/aromatic N) is 2. The average molecular weight is 355 g/mol. The molecule has 0 unspecified atom stereocenters. The molecule has 0 saturated carbocycles. The summed E-state index contributed by atoms with van der Waals surface area (Å²) in [6.07, 6.45) is 3.27. The molecule has 1 aromatic carbocycles. The Morgan fingerprint density at radius 1 is 1.35 bits per heavy atom. The van der Waals surface area contributed by atoms with E-state index in [2.05, 4.69) is 4.98 Å². The number of sulfonamides is 1. The number of hydrogen-bond acceptors (Lipinski definition) is 4. The first-order valence-electron chi connectivity index (χ1n) is 7.66. The summed E-state index contributed by atoms with van der Waals surface area (Å²) in [6.45, 7) is 2.06. The van der Waals surface area contributed by atoms with Crippen molar-refractivity contribution in [1.29, 1.82) is 0 Å². The van der Waals surface area contributed by atoms with Crippen molar-refractivity contribution in [2.75, 3.05) is 6.54 Å². The molecular weight excluding hydrogens is 336 g/mol. The second kappa shape index (κ2) is 6.36. The number of halogens is 1. The van der Waals surface area contributed by atoms with Crippen LogP contribution in [0.15, 0.2) is 35.4 Å². The zero-order chi connectivity index (χ0) is 16.6. The summed E-state index contributed by atoms with van der Waals surface area (Å²) in [5, 5.41) is 10.9. The van der Waals surface area contributed by atoms with E-state index in [-0.39, 0.29) is 4.90 Å². The van der Waals surface area contributed by atoms with Crippen molar-refractivity contribution in [1.82, 2.24) is 9.29 Å². The van der Waals surface area contributed by atoms with Gasteiger partial charge in [-0.25, -0.2) is 8.42 Å². The van der Waals surface area contributed by atoms with E-state index in [9.17, 15) is 13.5 Å². The second-order valence-electron chi connectivity index (χ2n) is 5.86. The van der Waals surface area contributed by atoms with Crippen LogP contribution in [0.2, 0.25) is 5.02 Å². The molecule has 7 heteroatoms. The van der Waals surface area contributed by atoms with Gasteiger partial charge in [-0.3, -0.25) is 4.98 Å². The van der Waals surface area contributed by atoms with E-state index in [1.807, 2.05) is 0 Å². The second-order valence-corrected chi connectivity index (χ2v) is 8.13. The Bertz CT molecular complexity index is 823. The Kier molecular flexibility index (Phi) is 4.60. The number of hydrogen-bond donors (Lipinski definition) is 1. The fourth-order valence-corrected chi connectivity index (χ4v) is 5.33. The van der Waals surface area contributed by atoms with E-state index in [4.69, 9.17) is 11.6 Å². The molecule has 1 N–H and O–H groups in total. The standard InChI is InChI=1S/C16H19ClN2O3S/c1-11(20)14-6-2-3-10-19(14)23(21,22)15-8-7-13(17)16-12(15)5-4-9-18-16/h4-5,7-9,11,14,20H,2-3,6,10H2,1H3/t11-,14-/m0/s1. The minimum Gasteiger partial charge on any atom is -0.392 e. The molecule has 1 saturated heterocycles. The van der Waals surface area contributed by atoms with Crippen LogP contribution in [0.25, 0.3) is 10.9 Å². The third-order valence-electron chi connectivity index (χ3n) is 4.32. The lowest BCUT2D eigenvalue weighted by atomic mass is 10.0. The van der Waals surface area contributed by atoms with Gasteiger partial charge in [0.2, 0.25) is 10.0 Å². The summed E-state index contributed by atoms with van der Waals surface area (Å²) < 4.78 is 27.8. The summed E-state index contributed by atoms with van der Waals surface area (Å²) in [4.78, 5) is 4.38. The van der Waals surface area contributed by atoms with Crippen molar-refractivity contribution < 1.29 is 13.5 Å². The molecule has 1 fully saturated rings. The summed E-state index contributed by atoms with van der Waals surface area (Å²) in [7, 11) is -3.72. The first-order chi connectivity index (χ1) is 10.9. The maximum absolute atomic E-state index is 13.2. The predicted molar refractivity (Wildman–Crippen MR) is 90.0 cm³/mol. The van der Waals surface area contributed by atoms with E-state index < -0.39 is 22.2 Å². The highest BCUT2D eigenvalue weighted by Crippen LogP contribution is 2.33. The summed E-state index contributed by atoms with van der Waals surface area (Å²) >= 11 is 6.13. The Balaban J connectivity index is 2.15. The number of benzene rings is 1. The molecule has 0 spiro atoms. The van der Waals surface area contributed by atoms with Gasteiger partial charge in [-0.15, -0.1) is 0 Å².